The number of carbonyl (C=O) groups is 1. The van der Waals surface area contributed by atoms with E-state index in [4.69, 9.17) is 11.6 Å². The number of hydrogen-bond acceptors (Lipinski definition) is 5. The van der Waals surface area contributed by atoms with Gasteiger partial charge in [0.05, 0.1) is 6.54 Å². The van der Waals surface area contributed by atoms with E-state index < -0.39 is 10.0 Å². The number of sulfonamides is 1. The van der Waals surface area contributed by atoms with Crippen molar-refractivity contribution in [2.45, 2.75) is 30.8 Å². The maximum Gasteiger partial charge on any atom is 0.251 e. The quantitative estimate of drug-likeness (QED) is 0.240. The molecule has 6 nitrogen and oxygen atoms in total. The standard InChI is InChI=1S/C27H26ClN3O3S2/c1-19-5-7-20(8-6-19)16-29-24-4-2-3-21(15-24)17-31-36(33,34)26-14-13-25(35-26)18-30-27(32)22-9-11-23(28)12-10-22/h2-15,29,31H,16-18H2,1H3,(H,30,32). The zero-order valence-corrected chi connectivity index (χ0v) is 22.0. The van der Waals surface area contributed by atoms with Crippen LogP contribution in [0.2, 0.25) is 5.02 Å². The van der Waals surface area contributed by atoms with E-state index in [0.29, 0.717) is 17.1 Å². The van der Waals surface area contributed by atoms with Crippen molar-refractivity contribution in [3.8, 4) is 0 Å². The van der Waals surface area contributed by atoms with Gasteiger partial charge in [-0.25, -0.2) is 13.1 Å². The van der Waals surface area contributed by atoms with E-state index in [1.807, 2.05) is 24.3 Å². The van der Waals surface area contributed by atoms with Crippen LogP contribution in [-0.4, -0.2) is 14.3 Å². The first-order chi connectivity index (χ1) is 17.3. The van der Waals surface area contributed by atoms with Crippen LogP contribution in [0.5, 0.6) is 0 Å². The van der Waals surface area contributed by atoms with Gasteiger partial charge in [-0.2, -0.15) is 0 Å². The van der Waals surface area contributed by atoms with Crippen LogP contribution in [0, 0.1) is 6.92 Å². The third-order valence-corrected chi connectivity index (χ3v) is 8.67. The Morgan fingerprint density at radius 1 is 0.861 bits per heavy atom. The number of benzene rings is 3. The molecule has 0 aliphatic carbocycles. The van der Waals surface area contributed by atoms with Crippen LogP contribution < -0.4 is 15.4 Å². The van der Waals surface area contributed by atoms with Gasteiger partial charge in [0.25, 0.3) is 5.91 Å². The Kier molecular flexibility index (Phi) is 8.43. The predicted molar refractivity (Wildman–Crippen MR) is 146 cm³/mol. The molecule has 0 radical (unpaired) electrons. The third-order valence-electron chi connectivity index (χ3n) is 5.44. The van der Waals surface area contributed by atoms with Gasteiger partial charge in [0.1, 0.15) is 4.21 Å². The first-order valence-electron chi connectivity index (χ1n) is 11.3. The molecule has 0 saturated heterocycles. The highest BCUT2D eigenvalue weighted by Crippen LogP contribution is 2.22. The average Bonchev–Trinajstić information content (AvgIpc) is 3.37. The Hall–Kier alpha value is -3.17. The van der Waals surface area contributed by atoms with Gasteiger partial charge in [-0.3, -0.25) is 4.79 Å². The van der Waals surface area contributed by atoms with Crippen LogP contribution in [0.4, 0.5) is 5.69 Å². The molecule has 0 spiro atoms. The molecule has 3 aromatic carbocycles. The SMILES string of the molecule is Cc1ccc(CNc2cccc(CNS(=O)(=O)c3ccc(CNC(=O)c4ccc(Cl)cc4)s3)c2)cc1. The minimum Gasteiger partial charge on any atom is -0.381 e. The van der Waals surface area contributed by atoms with Crippen molar-refractivity contribution >= 4 is 44.6 Å². The molecule has 9 heteroatoms. The van der Waals surface area contributed by atoms with Gasteiger partial charge < -0.3 is 10.6 Å². The molecule has 36 heavy (non-hydrogen) atoms. The molecule has 3 N–H and O–H groups in total. The Balaban J connectivity index is 1.30. The number of rotatable bonds is 10. The molecule has 186 valence electrons. The lowest BCUT2D eigenvalue weighted by molar-refractivity contribution is 0.0951. The van der Waals surface area contributed by atoms with Crippen LogP contribution in [-0.2, 0) is 29.7 Å². The molecule has 0 saturated carbocycles. The maximum atomic E-state index is 12.8. The van der Waals surface area contributed by atoms with Crippen molar-refractivity contribution in [1.29, 1.82) is 0 Å². The van der Waals surface area contributed by atoms with Gasteiger partial charge >= 0.3 is 0 Å². The lowest BCUT2D eigenvalue weighted by Crippen LogP contribution is -2.22. The molecule has 1 amide bonds. The summed E-state index contributed by atoms with van der Waals surface area (Å²) >= 11 is 6.98. The molecule has 4 rings (SSSR count). The first kappa shape index (κ1) is 25.9. The van der Waals surface area contributed by atoms with Gasteiger partial charge in [0, 0.05) is 34.2 Å². The zero-order valence-electron chi connectivity index (χ0n) is 19.6. The Bertz CT molecular complexity index is 1430. The van der Waals surface area contributed by atoms with E-state index in [1.165, 1.54) is 11.1 Å². The predicted octanol–water partition coefficient (Wildman–Crippen LogP) is 5.73. The van der Waals surface area contributed by atoms with E-state index in [1.54, 1.807) is 36.4 Å². The smallest absolute Gasteiger partial charge is 0.251 e. The van der Waals surface area contributed by atoms with E-state index in [0.717, 1.165) is 27.5 Å². The lowest BCUT2D eigenvalue weighted by Gasteiger charge is -2.10. The van der Waals surface area contributed by atoms with Crippen molar-refractivity contribution in [3.05, 3.63) is 117 Å². The highest BCUT2D eigenvalue weighted by Gasteiger charge is 2.17. The summed E-state index contributed by atoms with van der Waals surface area (Å²) in [4.78, 5) is 13.0. The minimum absolute atomic E-state index is 0.170. The first-order valence-corrected chi connectivity index (χ1v) is 14.0. The number of anilines is 1. The van der Waals surface area contributed by atoms with Crippen molar-refractivity contribution in [1.82, 2.24) is 10.0 Å². The topological polar surface area (TPSA) is 87.3 Å². The monoisotopic (exact) mass is 539 g/mol. The van der Waals surface area contributed by atoms with E-state index >= 15 is 0 Å². The molecule has 0 aliphatic heterocycles. The molecule has 0 atom stereocenters. The fraction of sp³-hybridized carbons (Fsp3) is 0.148. The normalized spacial score (nSPS) is 11.3. The molecule has 0 bridgehead atoms. The third kappa shape index (κ3) is 7.18. The summed E-state index contributed by atoms with van der Waals surface area (Å²) in [5.74, 6) is -0.251. The second kappa shape index (κ2) is 11.7. The summed E-state index contributed by atoms with van der Waals surface area (Å²) in [6, 6.07) is 25.8. The molecular formula is C27H26ClN3O3S2. The fourth-order valence-corrected chi connectivity index (χ4v) is 5.90. The Morgan fingerprint density at radius 3 is 2.36 bits per heavy atom. The average molecular weight is 540 g/mol. The summed E-state index contributed by atoms with van der Waals surface area (Å²) in [6.45, 7) is 3.14. The molecule has 0 fully saturated rings. The van der Waals surface area contributed by atoms with E-state index in [9.17, 15) is 13.2 Å². The molecule has 0 unspecified atom stereocenters. The van der Waals surface area contributed by atoms with Crippen LogP contribution in [0.15, 0.2) is 89.1 Å². The number of aryl methyl sites for hydroxylation is 1. The second-order valence-electron chi connectivity index (χ2n) is 8.27. The van der Waals surface area contributed by atoms with Gasteiger partial charge in [-0.15, -0.1) is 11.3 Å². The highest BCUT2D eigenvalue weighted by atomic mass is 35.5. The molecular weight excluding hydrogens is 514 g/mol. The lowest BCUT2D eigenvalue weighted by atomic mass is 10.1. The van der Waals surface area contributed by atoms with Gasteiger partial charge in [0.2, 0.25) is 10.0 Å². The molecule has 4 aromatic rings. The van der Waals surface area contributed by atoms with Crippen molar-refractivity contribution in [2.24, 2.45) is 0 Å². The van der Waals surface area contributed by atoms with Crippen LogP contribution in [0.3, 0.4) is 0 Å². The number of nitrogens with one attached hydrogen (secondary N) is 3. The summed E-state index contributed by atoms with van der Waals surface area (Å²) in [7, 11) is -3.68. The molecule has 0 aliphatic rings. The highest BCUT2D eigenvalue weighted by molar-refractivity contribution is 7.91. The van der Waals surface area contributed by atoms with Crippen LogP contribution in [0.25, 0.3) is 0 Å². The zero-order chi connectivity index (χ0) is 25.5. The van der Waals surface area contributed by atoms with Crippen molar-refractivity contribution < 1.29 is 13.2 Å². The van der Waals surface area contributed by atoms with Crippen LogP contribution >= 0.6 is 22.9 Å². The van der Waals surface area contributed by atoms with Crippen LogP contribution in [0.1, 0.15) is 31.9 Å². The Morgan fingerprint density at radius 2 is 1.61 bits per heavy atom. The number of halogens is 1. The maximum absolute atomic E-state index is 12.8. The number of carbonyl (C=O) groups excluding carboxylic acids is 1. The van der Waals surface area contributed by atoms with E-state index in [-0.39, 0.29) is 23.2 Å². The summed E-state index contributed by atoms with van der Waals surface area (Å²) in [5, 5.41) is 6.72. The fourth-order valence-electron chi connectivity index (χ4n) is 3.42. The van der Waals surface area contributed by atoms with Gasteiger partial charge in [0.15, 0.2) is 0 Å². The van der Waals surface area contributed by atoms with Crippen molar-refractivity contribution in [2.75, 3.05) is 5.32 Å². The number of hydrogen-bond donors (Lipinski definition) is 3. The second-order valence-corrected chi connectivity index (χ2v) is 11.9. The molecule has 1 aromatic heterocycles. The Labute approximate surface area is 220 Å². The summed E-state index contributed by atoms with van der Waals surface area (Å²) < 4.78 is 28.5. The van der Waals surface area contributed by atoms with Crippen molar-refractivity contribution in [3.63, 3.8) is 0 Å². The summed E-state index contributed by atoms with van der Waals surface area (Å²) in [6.07, 6.45) is 0. The summed E-state index contributed by atoms with van der Waals surface area (Å²) in [5.41, 5.74) is 4.64. The van der Waals surface area contributed by atoms with Gasteiger partial charge in [-0.1, -0.05) is 53.6 Å². The van der Waals surface area contributed by atoms with Gasteiger partial charge in [-0.05, 0) is 66.6 Å². The largest absolute Gasteiger partial charge is 0.381 e. The molecule has 1 heterocycles. The van der Waals surface area contributed by atoms with E-state index in [2.05, 4.69) is 46.5 Å². The number of amides is 1. The number of thiophene rings is 1. The minimum atomic E-state index is -3.68.